The minimum atomic E-state index is 0.212. The zero-order chi connectivity index (χ0) is 19.6. The summed E-state index contributed by atoms with van der Waals surface area (Å²) in [6.07, 6.45) is 0. The van der Waals surface area contributed by atoms with E-state index in [0.29, 0.717) is 31.4 Å². The summed E-state index contributed by atoms with van der Waals surface area (Å²) < 4.78 is 16.1. The number of nitrogens with zero attached hydrogens (tertiary/aromatic N) is 2. The number of methoxy groups -OCH3 is 2. The molecule has 0 heterocycles. The van der Waals surface area contributed by atoms with E-state index in [2.05, 4.69) is 10.3 Å². The summed E-state index contributed by atoms with van der Waals surface area (Å²) in [4.78, 5) is 6.23. The molecule has 27 heavy (non-hydrogen) atoms. The normalized spacial score (nSPS) is 11.0. The summed E-state index contributed by atoms with van der Waals surface area (Å²) in [7, 11) is 6.88. The van der Waals surface area contributed by atoms with Gasteiger partial charge in [0.25, 0.3) is 0 Å². The van der Waals surface area contributed by atoms with Gasteiger partial charge in [-0.25, -0.2) is 0 Å². The maximum Gasteiger partial charge on any atom is 0.193 e. The van der Waals surface area contributed by atoms with Gasteiger partial charge in [-0.2, -0.15) is 0 Å². The van der Waals surface area contributed by atoms with Crippen LogP contribution in [0.1, 0.15) is 5.56 Å². The van der Waals surface area contributed by atoms with Crippen molar-refractivity contribution in [1.29, 1.82) is 0 Å². The van der Waals surface area contributed by atoms with Crippen molar-refractivity contribution in [1.82, 2.24) is 10.2 Å². The molecule has 146 valence electrons. The van der Waals surface area contributed by atoms with Gasteiger partial charge in [0.2, 0.25) is 0 Å². The summed E-state index contributed by atoms with van der Waals surface area (Å²) in [5, 5.41) is 13.2. The van der Waals surface area contributed by atoms with Crippen molar-refractivity contribution in [2.24, 2.45) is 4.99 Å². The number of ether oxygens (including phenoxy) is 3. The molecule has 2 N–H and O–H groups in total. The van der Waals surface area contributed by atoms with Gasteiger partial charge in [0, 0.05) is 26.2 Å². The molecule has 0 aromatic heterocycles. The van der Waals surface area contributed by atoms with E-state index < -0.39 is 0 Å². The third-order valence-electron chi connectivity index (χ3n) is 4.05. The molecule has 2 rings (SSSR count). The van der Waals surface area contributed by atoms with Crippen molar-refractivity contribution < 1.29 is 19.3 Å². The van der Waals surface area contributed by atoms with Gasteiger partial charge < -0.3 is 29.5 Å². The Morgan fingerprint density at radius 3 is 2.30 bits per heavy atom. The van der Waals surface area contributed by atoms with Gasteiger partial charge >= 0.3 is 0 Å². The number of aliphatic imine (C=N–C) groups is 1. The number of hydrogen-bond donors (Lipinski definition) is 2. The fourth-order valence-electron chi connectivity index (χ4n) is 2.47. The maximum atomic E-state index is 9.98. The molecule has 0 aliphatic rings. The van der Waals surface area contributed by atoms with Gasteiger partial charge in [-0.15, -0.1) is 0 Å². The van der Waals surface area contributed by atoms with E-state index >= 15 is 0 Å². The number of benzene rings is 2. The number of phenolic OH excluding ortho intramolecular Hbond substituents is 1. The van der Waals surface area contributed by atoms with Crippen molar-refractivity contribution in [2.75, 3.05) is 41.5 Å². The van der Waals surface area contributed by atoms with Crippen LogP contribution in [-0.2, 0) is 6.54 Å². The average Bonchev–Trinajstić information content (AvgIpc) is 2.70. The fraction of sp³-hybridized carbons (Fsp3) is 0.350. The van der Waals surface area contributed by atoms with E-state index in [9.17, 15) is 5.11 Å². The van der Waals surface area contributed by atoms with Crippen molar-refractivity contribution in [3.05, 3.63) is 48.0 Å². The molecule has 0 saturated carbocycles. The first kappa shape index (κ1) is 20.2. The van der Waals surface area contributed by atoms with Gasteiger partial charge in [0.1, 0.15) is 29.6 Å². The fourth-order valence-corrected chi connectivity index (χ4v) is 2.47. The van der Waals surface area contributed by atoms with Crippen molar-refractivity contribution in [2.45, 2.75) is 6.54 Å². The zero-order valence-electron chi connectivity index (χ0n) is 16.2. The largest absolute Gasteiger partial charge is 0.508 e. The topological polar surface area (TPSA) is 75.6 Å². The second kappa shape index (κ2) is 10.2. The van der Waals surface area contributed by atoms with E-state index in [1.807, 2.05) is 36.2 Å². The summed E-state index contributed by atoms with van der Waals surface area (Å²) in [6.45, 7) is 1.59. The Kier molecular flexibility index (Phi) is 7.61. The Bertz CT molecular complexity index is 747. The van der Waals surface area contributed by atoms with Crippen LogP contribution in [0, 0.1) is 0 Å². The summed E-state index contributed by atoms with van der Waals surface area (Å²) >= 11 is 0. The molecule has 0 saturated heterocycles. The van der Waals surface area contributed by atoms with Crippen molar-refractivity contribution >= 4 is 5.96 Å². The molecule has 0 atom stereocenters. The first-order chi connectivity index (χ1) is 13.1. The van der Waals surface area contributed by atoms with Crippen LogP contribution in [0.4, 0.5) is 0 Å². The van der Waals surface area contributed by atoms with Gasteiger partial charge in [-0.05, 0) is 42.5 Å². The van der Waals surface area contributed by atoms with E-state index in [-0.39, 0.29) is 5.75 Å². The highest BCUT2D eigenvalue weighted by Gasteiger charge is 2.09. The van der Waals surface area contributed by atoms with Crippen LogP contribution in [0.5, 0.6) is 23.0 Å². The molecule has 0 spiro atoms. The van der Waals surface area contributed by atoms with Crippen LogP contribution < -0.4 is 19.5 Å². The first-order valence-electron chi connectivity index (χ1n) is 8.62. The molecular weight excluding hydrogens is 346 g/mol. The first-order valence-corrected chi connectivity index (χ1v) is 8.62. The lowest BCUT2D eigenvalue weighted by Crippen LogP contribution is -2.40. The predicted molar refractivity (Wildman–Crippen MR) is 106 cm³/mol. The molecule has 0 fully saturated rings. The molecule has 2 aromatic carbocycles. The van der Waals surface area contributed by atoms with Crippen LogP contribution in [-0.4, -0.2) is 57.4 Å². The number of guanidine groups is 1. The van der Waals surface area contributed by atoms with Crippen molar-refractivity contribution in [3.63, 3.8) is 0 Å². The van der Waals surface area contributed by atoms with Gasteiger partial charge in [-0.1, -0.05) is 0 Å². The van der Waals surface area contributed by atoms with Crippen LogP contribution in [0.3, 0.4) is 0 Å². The van der Waals surface area contributed by atoms with Crippen molar-refractivity contribution in [3.8, 4) is 23.0 Å². The Balaban J connectivity index is 1.83. The molecule has 7 heteroatoms. The number of hydrogen-bond acceptors (Lipinski definition) is 5. The summed E-state index contributed by atoms with van der Waals surface area (Å²) in [5.41, 5.74) is 0.735. The third-order valence-corrected chi connectivity index (χ3v) is 4.05. The van der Waals surface area contributed by atoms with Crippen LogP contribution in [0.15, 0.2) is 47.5 Å². The van der Waals surface area contributed by atoms with Crippen LogP contribution in [0.2, 0.25) is 0 Å². The van der Waals surface area contributed by atoms with E-state index in [0.717, 1.165) is 17.1 Å². The van der Waals surface area contributed by atoms with Gasteiger partial charge in [0.15, 0.2) is 5.96 Å². The quantitative estimate of drug-likeness (QED) is 0.547. The van der Waals surface area contributed by atoms with E-state index in [4.69, 9.17) is 14.2 Å². The van der Waals surface area contributed by atoms with Gasteiger partial charge in [0.05, 0.1) is 20.8 Å². The molecule has 0 amide bonds. The van der Waals surface area contributed by atoms with Crippen LogP contribution in [0.25, 0.3) is 0 Å². The number of nitrogens with one attached hydrogen (secondary N) is 1. The molecule has 7 nitrogen and oxygen atoms in total. The highest BCUT2D eigenvalue weighted by Crippen LogP contribution is 2.22. The van der Waals surface area contributed by atoms with Gasteiger partial charge in [-0.3, -0.25) is 4.99 Å². The molecule has 0 unspecified atom stereocenters. The molecule has 0 aliphatic carbocycles. The highest BCUT2D eigenvalue weighted by molar-refractivity contribution is 5.79. The standard InChI is InChI=1S/C20H27N3O4/c1-21-20(22-14-15-13-18(26-4)9-10-19(15)24)23(2)11-12-27-17-7-5-16(25-3)6-8-17/h5-10,13,24H,11-12,14H2,1-4H3,(H,21,22). The Morgan fingerprint density at radius 1 is 1.04 bits per heavy atom. The predicted octanol–water partition coefficient (Wildman–Crippen LogP) is 2.50. The Labute approximate surface area is 160 Å². The number of aromatic hydroxyl groups is 1. The lowest BCUT2D eigenvalue weighted by atomic mass is 10.2. The molecular formula is C20H27N3O4. The minimum absolute atomic E-state index is 0.212. The summed E-state index contributed by atoms with van der Waals surface area (Å²) in [5.74, 6) is 3.19. The smallest absolute Gasteiger partial charge is 0.193 e. The molecule has 0 bridgehead atoms. The SMILES string of the molecule is CN=C(NCc1cc(OC)ccc1O)N(C)CCOc1ccc(OC)cc1. The maximum absolute atomic E-state index is 9.98. The number of phenols is 1. The number of rotatable bonds is 8. The molecule has 0 aliphatic heterocycles. The second-order valence-corrected chi connectivity index (χ2v) is 5.84. The van der Waals surface area contributed by atoms with E-state index in [1.165, 1.54) is 0 Å². The lowest BCUT2D eigenvalue weighted by molar-refractivity contribution is 0.281. The Hall–Kier alpha value is -3.09. The Morgan fingerprint density at radius 2 is 1.67 bits per heavy atom. The third kappa shape index (κ3) is 5.99. The molecule has 2 aromatic rings. The van der Waals surface area contributed by atoms with E-state index in [1.54, 1.807) is 39.5 Å². The van der Waals surface area contributed by atoms with Crippen LogP contribution >= 0.6 is 0 Å². The monoisotopic (exact) mass is 373 g/mol. The number of likely N-dealkylation sites (N-methyl/N-ethyl adjacent to an activating group) is 1. The summed E-state index contributed by atoms with van der Waals surface area (Å²) in [6, 6.07) is 12.6. The lowest BCUT2D eigenvalue weighted by Gasteiger charge is -2.22. The minimum Gasteiger partial charge on any atom is -0.508 e. The molecule has 0 radical (unpaired) electrons. The highest BCUT2D eigenvalue weighted by atomic mass is 16.5. The zero-order valence-corrected chi connectivity index (χ0v) is 16.2. The average molecular weight is 373 g/mol. The second-order valence-electron chi connectivity index (χ2n) is 5.84.